The SMILES string of the molecule is CC1N=NCC1(C)C(=N)N. The maximum Gasteiger partial charge on any atom is 0.101 e. The van der Waals surface area contributed by atoms with E-state index >= 15 is 0 Å². The Labute approximate surface area is 60.0 Å². The van der Waals surface area contributed by atoms with E-state index in [0.29, 0.717) is 6.54 Å². The molecule has 3 N–H and O–H groups in total. The van der Waals surface area contributed by atoms with Crippen LogP contribution < -0.4 is 5.73 Å². The molecule has 0 bridgehead atoms. The van der Waals surface area contributed by atoms with Gasteiger partial charge in [0.05, 0.1) is 18.0 Å². The van der Waals surface area contributed by atoms with E-state index in [2.05, 4.69) is 10.2 Å². The zero-order valence-electron chi connectivity index (χ0n) is 6.26. The molecule has 1 rings (SSSR count). The van der Waals surface area contributed by atoms with Crippen molar-refractivity contribution in [3.8, 4) is 0 Å². The molecular weight excluding hydrogens is 128 g/mol. The lowest BCUT2D eigenvalue weighted by Gasteiger charge is -2.23. The fourth-order valence-corrected chi connectivity index (χ4v) is 0.880. The highest BCUT2D eigenvalue weighted by Crippen LogP contribution is 2.29. The summed E-state index contributed by atoms with van der Waals surface area (Å²) in [7, 11) is 0. The average molecular weight is 140 g/mol. The van der Waals surface area contributed by atoms with E-state index in [0.717, 1.165) is 0 Å². The van der Waals surface area contributed by atoms with Gasteiger partial charge in [0.1, 0.15) is 5.84 Å². The molecule has 56 valence electrons. The first-order chi connectivity index (χ1) is 4.57. The Morgan fingerprint density at radius 1 is 1.80 bits per heavy atom. The molecule has 0 radical (unpaired) electrons. The summed E-state index contributed by atoms with van der Waals surface area (Å²) >= 11 is 0. The second-order valence-electron chi connectivity index (χ2n) is 2.92. The number of hydrogen-bond acceptors (Lipinski definition) is 3. The van der Waals surface area contributed by atoms with Crippen molar-refractivity contribution in [3.05, 3.63) is 0 Å². The van der Waals surface area contributed by atoms with Gasteiger partial charge in [0, 0.05) is 0 Å². The van der Waals surface area contributed by atoms with E-state index in [-0.39, 0.29) is 17.3 Å². The molecule has 4 nitrogen and oxygen atoms in total. The van der Waals surface area contributed by atoms with Gasteiger partial charge in [0.15, 0.2) is 0 Å². The minimum Gasteiger partial charge on any atom is -0.387 e. The molecule has 0 spiro atoms. The zero-order valence-corrected chi connectivity index (χ0v) is 6.26. The predicted molar refractivity (Wildman–Crippen MR) is 39.2 cm³/mol. The third-order valence-electron chi connectivity index (χ3n) is 2.19. The average Bonchev–Trinajstić information content (AvgIpc) is 2.15. The van der Waals surface area contributed by atoms with Gasteiger partial charge in [0.2, 0.25) is 0 Å². The van der Waals surface area contributed by atoms with Crippen LogP contribution in [0, 0.1) is 10.8 Å². The summed E-state index contributed by atoms with van der Waals surface area (Å²) in [5.41, 5.74) is 5.07. The number of nitrogens with zero attached hydrogens (tertiary/aromatic N) is 2. The van der Waals surface area contributed by atoms with Crippen molar-refractivity contribution in [2.75, 3.05) is 6.54 Å². The molecule has 0 aromatic carbocycles. The van der Waals surface area contributed by atoms with E-state index in [1.54, 1.807) is 0 Å². The van der Waals surface area contributed by atoms with E-state index in [1.165, 1.54) is 0 Å². The van der Waals surface area contributed by atoms with Crippen LogP contribution in [-0.4, -0.2) is 18.4 Å². The monoisotopic (exact) mass is 140 g/mol. The molecule has 0 saturated carbocycles. The van der Waals surface area contributed by atoms with Gasteiger partial charge >= 0.3 is 0 Å². The van der Waals surface area contributed by atoms with Crippen LogP contribution in [0.25, 0.3) is 0 Å². The summed E-state index contributed by atoms with van der Waals surface area (Å²) in [6.45, 7) is 4.40. The lowest BCUT2D eigenvalue weighted by Crippen LogP contribution is -2.41. The molecule has 2 unspecified atom stereocenters. The molecule has 0 saturated heterocycles. The Hall–Kier alpha value is -0.930. The van der Waals surface area contributed by atoms with Gasteiger partial charge < -0.3 is 5.73 Å². The Bertz CT molecular complexity index is 186. The van der Waals surface area contributed by atoms with Gasteiger partial charge in [-0.2, -0.15) is 10.2 Å². The molecule has 2 atom stereocenters. The third-order valence-corrected chi connectivity index (χ3v) is 2.19. The summed E-state index contributed by atoms with van der Waals surface area (Å²) in [6.07, 6.45) is 0. The molecule has 1 heterocycles. The van der Waals surface area contributed by atoms with Crippen molar-refractivity contribution in [2.24, 2.45) is 21.4 Å². The second kappa shape index (κ2) is 2.04. The zero-order chi connectivity index (χ0) is 7.78. The minimum absolute atomic E-state index is 0.0602. The second-order valence-corrected chi connectivity index (χ2v) is 2.92. The Morgan fingerprint density at radius 2 is 2.40 bits per heavy atom. The predicted octanol–water partition coefficient (Wildman–Crippen LogP) is 0.783. The number of nitrogens with two attached hydrogens (primary N) is 1. The molecule has 0 amide bonds. The summed E-state index contributed by atoms with van der Waals surface area (Å²) in [5.74, 6) is 0.185. The number of rotatable bonds is 1. The van der Waals surface area contributed by atoms with Gasteiger partial charge in [-0.15, -0.1) is 0 Å². The van der Waals surface area contributed by atoms with Crippen molar-refractivity contribution in [1.82, 2.24) is 0 Å². The van der Waals surface area contributed by atoms with Crippen molar-refractivity contribution in [2.45, 2.75) is 19.9 Å². The standard InChI is InChI=1S/C6H12N4/c1-4-6(2,5(7)8)3-9-10-4/h4H,3H2,1-2H3,(H3,7,8). The summed E-state index contributed by atoms with van der Waals surface area (Å²) in [4.78, 5) is 0. The van der Waals surface area contributed by atoms with Crippen molar-refractivity contribution >= 4 is 5.84 Å². The quantitative estimate of drug-likeness (QED) is 0.410. The lowest BCUT2D eigenvalue weighted by molar-refractivity contribution is 0.447. The topological polar surface area (TPSA) is 74.6 Å². The summed E-state index contributed by atoms with van der Waals surface area (Å²) < 4.78 is 0. The highest BCUT2D eigenvalue weighted by atomic mass is 15.2. The van der Waals surface area contributed by atoms with Gasteiger partial charge in [-0.05, 0) is 13.8 Å². The highest BCUT2D eigenvalue weighted by Gasteiger charge is 2.38. The third kappa shape index (κ3) is 0.798. The Kier molecular flexibility index (Phi) is 1.46. The maximum absolute atomic E-state index is 7.28. The molecule has 4 heteroatoms. The maximum atomic E-state index is 7.28. The first-order valence-corrected chi connectivity index (χ1v) is 3.28. The minimum atomic E-state index is -0.319. The Morgan fingerprint density at radius 3 is 2.60 bits per heavy atom. The van der Waals surface area contributed by atoms with E-state index < -0.39 is 0 Å². The highest BCUT2D eigenvalue weighted by molar-refractivity contribution is 5.84. The first kappa shape index (κ1) is 7.18. The Balaban J connectivity index is 2.80. The van der Waals surface area contributed by atoms with Gasteiger partial charge in [-0.25, -0.2) is 0 Å². The van der Waals surface area contributed by atoms with Crippen LogP contribution in [0.15, 0.2) is 10.2 Å². The molecule has 0 aromatic rings. The van der Waals surface area contributed by atoms with Gasteiger partial charge in [-0.1, -0.05) is 0 Å². The van der Waals surface area contributed by atoms with Crippen LogP contribution >= 0.6 is 0 Å². The molecule has 0 fully saturated rings. The van der Waals surface area contributed by atoms with Crippen LogP contribution in [0.1, 0.15) is 13.8 Å². The number of azo groups is 1. The lowest BCUT2D eigenvalue weighted by atomic mass is 9.83. The molecule has 0 aromatic heterocycles. The van der Waals surface area contributed by atoms with Crippen molar-refractivity contribution < 1.29 is 0 Å². The van der Waals surface area contributed by atoms with Crippen LogP contribution in [0.2, 0.25) is 0 Å². The summed E-state index contributed by atoms with van der Waals surface area (Å²) in [5, 5.41) is 15.0. The number of nitrogens with one attached hydrogen (secondary N) is 1. The first-order valence-electron chi connectivity index (χ1n) is 3.28. The van der Waals surface area contributed by atoms with E-state index in [4.69, 9.17) is 11.1 Å². The number of amidine groups is 1. The molecule has 10 heavy (non-hydrogen) atoms. The molecule has 1 aliphatic heterocycles. The van der Waals surface area contributed by atoms with Crippen molar-refractivity contribution in [1.29, 1.82) is 5.41 Å². The molecular formula is C6H12N4. The normalized spacial score (nSPS) is 38.4. The van der Waals surface area contributed by atoms with E-state index in [9.17, 15) is 0 Å². The largest absolute Gasteiger partial charge is 0.387 e. The molecule has 0 aliphatic carbocycles. The van der Waals surface area contributed by atoms with Crippen molar-refractivity contribution in [3.63, 3.8) is 0 Å². The fraction of sp³-hybridized carbons (Fsp3) is 0.833. The van der Waals surface area contributed by atoms with Crippen LogP contribution in [0.3, 0.4) is 0 Å². The van der Waals surface area contributed by atoms with Gasteiger partial charge in [-0.3, -0.25) is 5.41 Å². The van der Waals surface area contributed by atoms with E-state index in [1.807, 2.05) is 13.8 Å². The van der Waals surface area contributed by atoms with Gasteiger partial charge in [0.25, 0.3) is 0 Å². The van der Waals surface area contributed by atoms with Crippen LogP contribution in [-0.2, 0) is 0 Å². The van der Waals surface area contributed by atoms with Crippen LogP contribution in [0.4, 0.5) is 0 Å². The van der Waals surface area contributed by atoms with Crippen LogP contribution in [0.5, 0.6) is 0 Å². The molecule has 1 aliphatic rings. The summed E-state index contributed by atoms with van der Waals surface area (Å²) in [6, 6.07) is 0.0602. The smallest absolute Gasteiger partial charge is 0.101 e. The fourth-order valence-electron chi connectivity index (χ4n) is 0.880. The number of hydrogen-bond donors (Lipinski definition) is 2.